The van der Waals surface area contributed by atoms with Gasteiger partial charge in [0.25, 0.3) is 11.1 Å². The van der Waals surface area contributed by atoms with Crippen LogP contribution >= 0.6 is 11.8 Å². The van der Waals surface area contributed by atoms with Gasteiger partial charge in [-0.25, -0.2) is 0 Å². The fraction of sp³-hybridized carbons (Fsp3) is 0.161. The summed E-state index contributed by atoms with van der Waals surface area (Å²) in [6.45, 7) is 4.41. The Hall–Kier alpha value is -4.23. The van der Waals surface area contributed by atoms with Crippen molar-refractivity contribution in [3.05, 3.63) is 112 Å². The van der Waals surface area contributed by atoms with E-state index < -0.39 is 0 Å². The lowest BCUT2D eigenvalue weighted by atomic mass is 10.1. The van der Waals surface area contributed by atoms with Gasteiger partial charge in [0.15, 0.2) is 0 Å². The zero-order valence-electron chi connectivity index (χ0n) is 21.5. The summed E-state index contributed by atoms with van der Waals surface area (Å²) in [6.07, 6.45) is 2.46. The van der Waals surface area contributed by atoms with Crippen LogP contribution in [-0.2, 0) is 11.2 Å². The minimum absolute atomic E-state index is 0.224. The normalized spacial score (nSPS) is 14.4. The molecule has 0 aliphatic carbocycles. The molecule has 0 saturated carbocycles. The molecule has 5 rings (SSSR count). The first-order chi connectivity index (χ1) is 18.4. The molecule has 3 aromatic carbocycles. The Labute approximate surface area is 226 Å². The number of rotatable bonds is 8. The lowest BCUT2D eigenvalue weighted by Gasteiger charge is -2.12. The Morgan fingerprint density at radius 1 is 0.842 bits per heavy atom. The Morgan fingerprint density at radius 3 is 2.13 bits per heavy atom. The molecule has 1 aromatic heterocycles. The maximum atomic E-state index is 13.0. The predicted molar refractivity (Wildman–Crippen MR) is 151 cm³/mol. The van der Waals surface area contributed by atoms with Crippen molar-refractivity contribution in [1.82, 2.24) is 9.47 Å². The summed E-state index contributed by atoms with van der Waals surface area (Å²) in [4.78, 5) is 27.4. The van der Waals surface area contributed by atoms with Gasteiger partial charge in [0.05, 0.1) is 12.0 Å². The number of hydrogen-bond donors (Lipinski definition) is 0. The zero-order valence-corrected chi connectivity index (χ0v) is 22.3. The van der Waals surface area contributed by atoms with Gasteiger partial charge in [0, 0.05) is 23.6 Å². The summed E-state index contributed by atoms with van der Waals surface area (Å²) >= 11 is 1.00. The third-order valence-electron chi connectivity index (χ3n) is 6.49. The third-order valence-corrected chi connectivity index (χ3v) is 7.39. The fourth-order valence-electron chi connectivity index (χ4n) is 4.49. The van der Waals surface area contributed by atoms with E-state index in [0.29, 0.717) is 17.9 Å². The van der Waals surface area contributed by atoms with Crippen LogP contribution in [-0.4, -0.2) is 34.3 Å². The van der Waals surface area contributed by atoms with Crippen LogP contribution in [0.25, 0.3) is 11.8 Å². The van der Waals surface area contributed by atoms with E-state index in [1.165, 1.54) is 4.90 Å². The Bertz CT molecular complexity index is 1490. The van der Waals surface area contributed by atoms with Crippen molar-refractivity contribution in [1.29, 1.82) is 0 Å². The van der Waals surface area contributed by atoms with Gasteiger partial charge in [-0.05, 0) is 104 Å². The first-order valence-corrected chi connectivity index (χ1v) is 13.1. The van der Waals surface area contributed by atoms with Crippen molar-refractivity contribution in [2.45, 2.75) is 20.3 Å². The summed E-state index contributed by atoms with van der Waals surface area (Å²) in [6, 6.07) is 27.2. The molecule has 7 heteroatoms. The topological polar surface area (TPSA) is 60.8 Å². The number of thioether (sulfide) groups is 1. The van der Waals surface area contributed by atoms with E-state index >= 15 is 0 Å². The first kappa shape index (κ1) is 25.4. The molecule has 6 nitrogen and oxygen atoms in total. The number of hydrogen-bond acceptors (Lipinski definition) is 5. The SMILES string of the molecule is COc1ccc(Oc2ccc(-n3c(C)cc(/C=C4\SC(=O)N(CCc5ccccc5)C4=O)c3C)cc2)cc1. The molecule has 2 heterocycles. The van der Waals surface area contributed by atoms with E-state index in [2.05, 4.69) is 4.57 Å². The number of carbonyl (C=O) groups is 2. The average Bonchev–Trinajstić information content (AvgIpc) is 3.37. The molecule has 38 heavy (non-hydrogen) atoms. The molecule has 2 amide bonds. The van der Waals surface area contributed by atoms with Crippen molar-refractivity contribution in [2.75, 3.05) is 13.7 Å². The summed E-state index contributed by atoms with van der Waals surface area (Å²) in [5.41, 5.74) is 5.01. The van der Waals surface area contributed by atoms with E-state index in [4.69, 9.17) is 9.47 Å². The monoisotopic (exact) mass is 524 g/mol. The summed E-state index contributed by atoms with van der Waals surface area (Å²) in [5, 5.41) is -0.224. The second-order valence-electron chi connectivity index (χ2n) is 9.00. The van der Waals surface area contributed by atoms with Gasteiger partial charge >= 0.3 is 0 Å². The molecule has 4 aromatic rings. The van der Waals surface area contributed by atoms with E-state index in [0.717, 1.165) is 57.2 Å². The number of carbonyl (C=O) groups excluding carboxylic acids is 2. The van der Waals surface area contributed by atoms with Gasteiger partial charge in [-0.3, -0.25) is 14.5 Å². The summed E-state index contributed by atoms with van der Waals surface area (Å²) < 4.78 is 13.3. The smallest absolute Gasteiger partial charge is 0.293 e. The predicted octanol–water partition coefficient (Wildman–Crippen LogP) is 7.17. The molecular weight excluding hydrogens is 496 g/mol. The fourth-order valence-corrected chi connectivity index (χ4v) is 5.35. The van der Waals surface area contributed by atoms with Crippen molar-refractivity contribution < 1.29 is 19.1 Å². The number of aryl methyl sites for hydroxylation is 1. The summed E-state index contributed by atoms with van der Waals surface area (Å²) in [5.74, 6) is 2.00. The van der Waals surface area contributed by atoms with Crippen molar-refractivity contribution in [3.63, 3.8) is 0 Å². The number of ether oxygens (including phenoxy) is 2. The molecule has 1 aliphatic rings. The molecule has 0 N–H and O–H groups in total. The van der Waals surface area contributed by atoms with Gasteiger partial charge < -0.3 is 14.0 Å². The van der Waals surface area contributed by atoms with Crippen LogP contribution < -0.4 is 9.47 Å². The standard InChI is InChI=1S/C31H28N2O4S/c1-21-19-24(20-29-30(34)32(31(35)38-29)18-17-23-7-5-4-6-8-23)22(2)33(21)25-9-11-27(12-10-25)37-28-15-13-26(36-3)14-16-28/h4-16,19-20H,17-18H2,1-3H3/b29-20-. The van der Waals surface area contributed by atoms with Gasteiger partial charge in [0.1, 0.15) is 17.2 Å². The van der Waals surface area contributed by atoms with E-state index in [1.54, 1.807) is 7.11 Å². The summed E-state index contributed by atoms with van der Waals surface area (Å²) in [7, 11) is 1.63. The first-order valence-electron chi connectivity index (χ1n) is 12.3. The number of aromatic nitrogens is 1. The maximum Gasteiger partial charge on any atom is 0.293 e. The molecule has 1 saturated heterocycles. The maximum absolute atomic E-state index is 13.0. The number of methoxy groups -OCH3 is 1. The molecule has 1 fully saturated rings. The third kappa shape index (κ3) is 5.38. The van der Waals surface area contributed by atoms with Crippen LogP contribution in [0, 0.1) is 13.8 Å². The highest BCUT2D eigenvalue weighted by atomic mass is 32.2. The van der Waals surface area contributed by atoms with Crippen LogP contribution in [0.1, 0.15) is 22.5 Å². The molecule has 192 valence electrons. The number of imide groups is 1. The molecular formula is C31H28N2O4S. The number of nitrogens with zero attached hydrogens (tertiary/aromatic N) is 2. The molecule has 1 aliphatic heterocycles. The highest BCUT2D eigenvalue weighted by molar-refractivity contribution is 8.18. The molecule has 0 radical (unpaired) electrons. The van der Waals surface area contributed by atoms with Gasteiger partial charge in [-0.1, -0.05) is 30.3 Å². The van der Waals surface area contributed by atoms with Crippen molar-refractivity contribution in [2.24, 2.45) is 0 Å². The lowest BCUT2D eigenvalue weighted by molar-refractivity contribution is -0.122. The van der Waals surface area contributed by atoms with Crippen molar-refractivity contribution in [3.8, 4) is 22.9 Å². The minimum Gasteiger partial charge on any atom is -0.497 e. The van der Waals surface area contributed by atoms with Gasteiger partial charge in [-0.15, -0.1) is 0 Å². The Balaban J connectivity index is 1.31. The highest BCUT2D eigenvalue weighted by Crippen LogP contribution is 2.34. The van der Waals surface area contributed by atoms with E-state index in [1.807, 2.05) is 105 Å². The molecule has 0 spiro atoms. The van der Waals surface area contributed by atoms with Crippen LogP contribution in [0.2, 0.25) is 0 Å². The van der Waals surface area contributed by atoms with Gasteiger partial charge in [0.2, 0.25) is 0 Å². The van der Waals surface area contributed by atoms with Crippen LogP contribution in [0.3, 0.4) is 0 Å². The Morgan fingerprint density at radius 2 is 1.47 bits per heavy atom. The number of amides is 2. The van der Waals surface area contributed by atoms with Gasteiger partial charge in [-0.2, -0.15) is 0 Å². The quantitative estimate of drug-likeness (QED) is 0.229. The van der Waals surface area contributed by atoms with E-state index in [-0.39, 0.29) is 11.1 Å². The Kier molecular flexibility index (Phi) is 7.38. The molecule has 0 unspecified atom stereocenters. The second-order valence-corrected chi connectivity index (χ2v) is 10.00. The van der Waals surface area contributed by atoms with Crippen LogP contribution in [0.5, 0.6) is 17.2 Å². The number of benzene rings is 3. The van der Waals surface area contributed by atoms with E-state index in [9.17, 15) is 9.59 Å². The lowest BCUT2D eigenvalue weighted by Crippen LogP contribution is -2.30. The zero-order chi connectivity index (χ0) is 26.6. The average molecular weight is 525 g/mol. The highest BCUT2D eigenvalue weighted by Gasteiger charge is 2.34. The largest absolute Gasteiger partial charge is 0.497 e. The molecule has 0 atom stereocenters. The van der Waals surface area contributed by atoms with Crippen LogP contribution in [0.15, 0.2) is 89.8 Å². The van der Waals surface area contributed by atoms with Crippen LogP contribution in [0.4, 0.5) is 4.79 Å². The molecule has 0 bridgehead atoms. The van der Waals surface area contributed by atoms with Crippen molar-refractivity contribution >= 4 is 29.0 Å². The minimum atomic E-state index is -0.235. The second kappa shape index (κ2) is 11.0.